The van der Waals surface area contributed by atoms with Gasteiger partial charge in [0.25, 0.3) is 0 Å². The smallest absolute Gasteiger partial charge is 0.0390 e. The monoisotopic (exact) mass is 1090 g/mol. The van der Waals surface area contributed by atoms with Crippen LogP contribution in [0.2, 0.25) is 0 Å². The van der Waals surface area contributed by atoms with Gasteiger partial charge in [0.2, 0.25) is 0 Å². The van der Waals surface area contributed by atoms with E-state index < -0.39 is 0 Å². The van der Waals surface area contributed by atoms with Crippen LogP contribution in [0.15, 0.2) is 346 Å². The Bertz CT molecular complexity index is 3930. The van der Waals surface area contributed by atoms with E-state index in [0.29, 0.717) is 5.92 Å². The highest BCUT2D eigenvalue weighted by Gasteiger charge is 2.16. The lowest BCUT2D eigenvalue weighted by molar-refractivity contribution is 0.703. The van der Waals surface area contributed by atoms with Crippen molar-refractivity contribution in [2.24, 2.45) is 5.92 Å². The number of nitrogens with one attached hydrogen (secondary N) is 2. The molecule has 2 nitrogen and oxygen atoms in total. The van der Waals surface area contributed by atoms with Crippen LogP contribution in [0.3, 0.4) is 0 Å². The summed E-state index contributed by atoms with van der Waals surface area (Å²) >= 11 is 0. The molecule has 2 heteroatoms. The maximum Gasteiger partial charge on any atom is 0.0390 e. The standard InChI is InChI=1S/C53H42N2.C18H14.C6H10.C5H8/c1-3-15-39(16-4-1)42-20-10-23-45(31-42)47-33-48(53-29-13-18-40-17-7-8-28-52(40)53)36-51(35-47)54-37-38-14-9-19-41(30-38)43-21-11-22-44(32-43)46-24-12-27-50(34-46)55-49-25-5-2-6-26-49;1-3-8-15(9-4-1)17-12-7-13-18(14-17)16-10-5-2-6-11-16;1-3-5-6-4-2;1-3-5-4-2/h1-29,31-36,38,54-55H,30,37H2;1-14H;3-6H,1-2H3;3-5H,1H2,2H3/b;;5-3-,6-4-;5-4-. The Balaban J connectivity index is 0.000000238. The van der Waals surface area contributed by atoms with Crippen molar-refractivity contribution in [3.05, 3.63) is 352 Å². The largest absolute Gasteiger partial charge is 0.384 e. The number of para-hydroxylation sites is 1. The molecule has 1 atom stereocenters. The highest BCUT2D eigenvalue weighted by Crippen LogP contribution is 2.37. The second kappa shape index (κ2) is 31.1. The van der Waals surface area contributed by atoms with E-state index in [1.807, 2.05) is 75.4 Å². The van der Waals surface area contributed by atoms with E-state index in [2.05, 4.69) is 296 Å². The summed E-state index contributed by atoms with van der Waals surface area (Å²) < 4.78 is 0. The molecule has 1 aliphatic rings. The van der Waals surface area contributed by atoms with Crippen LogP contribution < -0.4 is 10.6 Å². The summed E-state index contributed by atoms with van der Waals surface area (Å²) in [6.45, 7) is 10.3. The summed E-state index contributed by atoms with van der Waals surface area (Å²) in [5, 5.41) is 9.93. The van der Waals surface area contributed by atoms with Gasteiger partial charge in [-0.2, -0.15) is 0 Å². The van der Waals surface area contributed by atoms with Gasteiger partial charge in [-0.3, -0.25) is 0 Å². The van der Waals surface area contributed by atoms with E-state index in [4.69, 9.17) is 0 Å². The summed E-state index contributed by atoms with van der Waals surface area (Å²) in [7, 11) is 0. The zero-order valence-electron chi connectivity index (χ0n) is 48.5. The fourth-order valence-corrected chi connectivity index (χ4v) is 10.2. The van der Waals surface area contributed by atoms with Crippen LogP contribution in [0.1, 0.15) is 32.8 Å². The van der Waals surface area contributed by atoms with E-state index in [-0.39, 0.29) is 0 Å². The zero-order valence-corrected chi connectivity index (χ0v) is 48.5. The van der Waals surface area contributed by atoms with Crippen LogP contribution in [-0.2, 0) is 0 Å². The molecule has 11 aromatic carbocycles. The summed E-state index contributed by atoms with van der Waals surface area (Å²) in [5.41, 5.74) is 20.7. The number of hydrogen-bond acceptors (Lipinski definition) is 2. The summed E-state index contributed by atoms with van der Waals surface area (Å²) in [5.74, 6) is 0.355. The van der Waals surface area contributed by atoms with E-state index in [1.54, 1.807) is 6.08 Å². The van der Waals surface area contributed by atoms with Gasteiger partial charge in [-0.15, -0.1) is 0 Å². The molecule has 0 aliphatic heterocycles. The quantitative estimate of drug-likeness (QED) is 0.106. The highest BCUT2D eigenvalue weighted by molar-refractivity contribution is 5.98. The Morgan fingerprint density at radius 2 is 0.774 bits per heavy atom. The Labute approximate surface area is 499 Å². The average Bonchev–Trinajstić information content (AvgIpc) is 3.31. The molecule has 0 fully saturated rings. The molecule has 12 rings (SSSR count). The maximum absolute atomic E-state index is 3.88. The maximum atomic E-state index is 3.88. The molecule has 0 bridgehead atoms. The first-order valence-electron chi connectivity index (χ1n) is 29.1. The Kier molecular flexibility index (Phi) is 21.6. The normalized spacial score (nSPS) is 12.5. The fourth-order valence-electron chi connectivity index (χ4n) is 10.2. The van der Waals surface area contributed by atoms with Crippen LogP contribution in [0.5, 0.6) is 0 Å². The molecular weight excluding hydrogens is 1010 g/mol. The lowest BCUT2D eigenvalue weighted by atomic mass is 9.88. The third-order valence-corrected chi connectivity index (χ3v) is 14.5. The molecule has 0 spiro atoms. The Morgan fingerprint density at radius 1 is 0.369 bits per heavy atom. The molecule has 0 aromatic heterocycles. The third-order valence-electron chi connectivity index (χ3n) is 14.5. The molecule has 0 radical (unpaired) electrons. The van der Waals surface area contributed by atoms with Crippen molar-refractivity contribution in [3.63, 3.8) is 0 Å². The molecular formula is C82H74N2. The number of hydrogen-bond donors (Lipinski definition) is 2. The molecule has 1 aliphatic carbocycles. The lowest BCUT2D eigenvalue weighted by Crippen LogP contribution is -2.14. The van der Waals surface area contributed by atoms with Crippen LogP contribution in [0.4, 0.5) is 17.1 Å². The minimum Gasteiger partial charge on any atom is -0.384 e. The fraction of sp³-hybridized carbons (Fsp3) is 0.0732. The number of anilines is 3. The van der Waals surface area contributed by atoms with Crippen LogP contribution >= 0.6 is 0 Å². The molecule has 1 unspecified atom stereocenters. The van der Waals surface area contributed by atoms with Gasteiger partial charge >= 0.3 is 0 Å². The van der Waals surface area contributed by atoms with Gasteiger partial charge in [-0.25, -0.2) is 0 Å². The molecule has 0 saturated carbocycles. The van der Waals surface area contributed by atoms with Crippen molar-refractivity contribution in [2.45, 2.75) is 27.2 Å². The summed E-state index contributed by atoms with van der Waals surface area (Å²) in [6, 6.07) is 99.4. The van der Waals surface area contributed by atoms with Gasteiger partial charge in [0.15, 0.2) is 0 Å². The SMILES string of the molecule is C/C=C\C=C/C.C1=CC(CNc2cc(-c3cccc(-c4ccccc4)c3)cc(-c3cccc4ccccc34)c2)CC(c2cccc(-c3cccc(Nc4ccccc4)c3)c2)=C1.C=C/C=C\C.c1ccc(-c2cccc(-c3ccccc3)c2)cc1. The predicted octanol–water partition coefficient (Wildman–Crippen LogP) is 23.2. The lowest BCUT2D eigenvalue weighted by Gasteiger charge is -2.21. The van der Waals surface area contributed by atoms with Crippen molar-refractivity contribution in [2.75, 3.05) is 17.2 Å². The second-order valence-corrected chi connectivity index (χ2v) is 20.5. The molecule has 2 N–H and O–H groups in total. The Hall–Kier alpha value is -10.3. The van der Waals surface area contributed by atoms with Crippen molar-refractivity contribution >= 4 is 33.4 Å². The molecule has 0 saturated heterocycles. The molecule has 11 aromatic rings. The minimum atomic E-state index is 0.355. The van der Waals surface area contributed by atoms with Gasteiger partial charge in [0.1, 0.15) is 0 Å². The van der Waals surface area contributed by atoms with Crippen molar-refractivity contribution in [1.82, 2.24) is 0 Å². The van der Waals surface area contributed by atoms with Gasteiger partial charge in [0.05, 0.1) is 0 Å². The van der Waals surface area contributed by atoms with Crippen molar-refractivity contribution < 1.29 is 0 Å². The van der Waals surface area contributed by atoms with E-state index in [1.165, 1.54) is 88.7 Å². The van der Waals surface area contributed by atoms with Crippen LogP contribution in [0.25, 0.3) is 83.1 Å². The number of rotatable bonds is 14. The van der Waals surface area contributed by atoms with Crippen LogP contribution in [-0.4, -0.2) is 6.54 Å². The van der Waals surface area contributed by atoms with E-state index in [0.717, 1.165) is 30.0 Å². The topological polar surface area (TPSA) is 24.1 Å². The first-order chi connectivity index (χ1) is 41.5. The first kappa shape index (κ1) is 58.4. The molecule has 0 amide bonds. The average molecular weight is 1090 g/mol. The summed E-state index contributed by atoms with van der Waals surface area (Å²) in [6.07, 6.45) is 21.4. The Morgan fingerprint density at radius 3 is 1.33 bits per heavy atom. The first-order valence-corrected chi connectivity index (χ1v) is 29.1. The third kappa shape index (κ3) is 16.7. The molecule has 0 heterocycles. The summed E-state index contributed by atoms with van der Waals surface area (Å²) in [4.78, 5) is 0. The number of fused-ring (bicyclic) bond motifs is 1. The zero-order chi connectivity index (χ0) is 58.0. The van der Waals surface area contributed by atoms with Gasteiger partial charge in [0, 0.05) is 23.6 Å². The minimum absolute atomic E-state index is 0.355. The molecule has 412 valence electrons. The number of allylic oxidation sites excluding steroid dienone is 10. The van der Waals surface area contributed by atoms with Gasteiger partial charge in [-0.1, -0.05) is 286 Å². The van der Waals surface area contributed by atoms with Crippen molar-refractivity contribution in [1.29, 1.82) is 0 Å². The second-order valence-electron chi connectivity index (χ2n) is 20.5. The molecule has 84 heavy (non-hydrogen) atoms. The predicted molar refractivity (Wildman–Crippen MR) is 368 cm³/mol. The van der Waals surface area contributed by atoms with Crippen LogP contribution in [0, 0.1) is 5.92 Å². The van der Waals surface area contributed by atoms with Crippen molar-refractivity contribution in [3.8, 4) is 66.8 Å². The van der Waals surface area contributed by atoms with Gasteiger partial charge < -0.3 is 10.6 Å². The number of benzene rings is 11. The highest BCUT2D eigenvalue weighted by atomic mass is 14.9. The van der Waals surface area contributed by atoms with E-state index >= 15 is 0 Å². The van der Waals surface area contributed by atoms with Gasteiger partial charge in [-0.05, 0) is 182 Å². The van der Waals surface area contributed by atoms with E-state index in [9.17, 15) is 0 Å².